The van der Waals surface area contributed by atoms with Crippen LogP contribution in [0.25, 0.3) is 10.9 Å². The van der Waals surface area contributed by atoms with Gasteiger partial charge >= 0.3 is 5.97 Å². The number of aliphatic carboxylic acids is 1. The monoisotopic (exact) mass is 439 g/mol. The Kier molecular flexibility index (Phi) is 5.18. The quantitative estimate of drug-likeness (QED) is 0.648. The number of carbonyl (C=O) groups is 2. The minimum absolute atomic E-state index is 0.139. The number of aromatic nitrogens is 1. The molecule has 3 heterocycles. The highest BCUT2D eigenvalue weighted by molar-refractivity contribution is 5.89. The maximum Gasteiger partial charge on any atom is 0.325 e. The van der Waals surface area contributed by atoms with Crippen molar-refractivity contribution in [3.63, 3.8) is 0 Å². The van der Waals surface area contributed by atoms with Gasteiger partial charge in [0.15, 0.2) is 11.5 Å². The van der Waals surface area contributed by atoms with E-state index in [2.05, 4.69) is 4.98 Å². The van der Waals surface area contributed by atoms with E-state index in [0.717, 1.165) is 0 Å². The third kappa shape index (κ3) is 3.64. The first-order chi connectivity index (χ1) is 15.5. The fourth-order valence-electron chi connectivity index (χ4n) is 4.38. The van der Waals surface area contributed by atoms with Crippen LogP contribution in [0.3, 0.4) is 0 Å². The third-order valence-corrected chi connectivity index (χ3v) is 5.98. The highest BCUT2D eigenvalue weighted by Crippen LogP contribution is 2.32. The van der Waals surface area contributed by atoms with Crippen LogP contribution in [0.4, 0.5) is 4.39 Å². The van der Waals surface area contributed by atoms with Gasteiger partial charge in [-0.15, -0.1) is 0 Å². The van der Waals surface area contributed by atoms with Crippen molar-refractivity contribution in [2.45, 2.75) is 12.1 Å². The molecule has 0 aliphatic carbocycles. The molecule has 5 rings (SSSR count). The van der Waals surface area contributed by atoms with E-state index in [1.807, 2.05) is 17.0 Å². The van der Waals surface area contributed by atoms with Crippen LogP contribution in [0.5, 0.6) is 11.5 Å². The molecule has 2 aromatic carbocycles. The van der Waals surface area contributed by atoms with Crippen molar-refractivity contribution in [3.05, 3.63) is 60.0 Å². The predicted molar refractivity (Wildman–Crippen MR) is 113 cm³/mol. The van der Waals surface area contributed by atoms with Crippen LogP contribution in [-0.2, 0) is 9.59 Å². The number of carbonyl (C=O) groups excluding carboxylic acids is 1. The summed E-state index contributed by atoms with van der Waals surface area (Å²) in [5.41, 5.74) is 1.13. The fraction of sp³-hybridized carbons (Fsp3) is 0.304. The Bertz CT molecular complexity index is 1170. The summed E-state index contributed by atoms with van der Waals surface area (Å²) in [6.07, 6.45) is 0.890. The molecule has 2 N–H and O–H groups in total. The number of hydrogen-bond acceptors (Lipinski definition) is 5. The fourth-order valence-corrected chi connectivity index (χ4v) is 4.38. The molecule has 32 heavy (non-hydrogen) atoms. The SMILES string of the molecule is O=C(O)[C@H](c1c[nH]c2cc(F)ccc12)N1CCN(C(=O)[C@@H]2COc3ccccc3O2)CC1. The van der Waals surface area contributed by atoms with Gasteiger partial charge in [-0.25, -0.2) is 4.39 Å². The van der Waals surface area contributed by atoms with E-state index in [1.165, 1.54) is 12.1 Å². The molecule has 0 unspecified atom stereocenters. The number of fused-ring (bicyclic) bond motifs is 2. The van der Waals surface area contributed by atoms with E-state index < -0.39 is 18.1 Å². The second-order valence-electron chi connectivity index (χ2n) is 7.90. The zero-order chi connectivity index (χ0) is 22.2. The second kappa shape index (κ2) is 8.16. The van der Waals surface area contributed by atoms with Gasteiger partial charge in [0.1, 0.15) is 18.5 Å². The zero-order valence-corrected chi connectivity index (χ0v) is 17.2. The maximum atomic E-state index is 13.5. The van der Waals surface area contributed by atoms with Crippen LogP contribution in [-0.4, -0.2) is 70.7 Å². The molecule has 0 radical (unpaired) electrons. The molecular formula is C23H22FN3O5. The van der Waals surface area contributed by atoms with Gasteiger partial charge < -0.3 is 24.5 Å². The van der Waals surface area contributed by atoms with E-state index in [9.17, 15) is 19.1 Å². The summed E-state index contributed by atoms with van der Waals surface area (Å²) in [6, 6.07) is 10.6. The summed E-state index contributed by atoms with van der Waals surface area (Å²) >= 11 is 0. The van der Waals surface area contributed by atoms with E-state index in [0.29, 0.717) is 54.1 Å². The van der Waals surface area contributed by atoms with Gasteiger partial charge in [-0.3, -0.25) is 14.5 Å². The number of carboxylic acid groups (broad SMARTS) is 1. The molecule has 0 bridgehead atoms. The standard InChI is InChI=1S/C23H22FN3O5/c24-14-5-6-15-16(12-25-17(15)11-14)21(23(29)30)26-7-9-27(10-8-26)22(28)20-13-31-18-3-1-2-4-19(18)32-20/h1-6,11-12,20-21,25H,7-10,13H2,(H,29,30)/t20-,21-/m0/s1. The van der Waals surface area contributed by atoms with Crippen molar-refractivity contribution < 1.29 is 28.6 Å². The summed E-state index contributed by atoms with van der Waals surface area (Å²) < 4.78 is 25.0. The van der Waals surface area contributed by atoms with Crippen molar-refractivity contribution in [1.82, 2.24) is 14.8 Å². The summed E-state index contributed by atoms with van der Waals surface area (Å²) in [4.78, 5) is 31.6. The molecule has 2 aliphatic heterocycles. The molecule has 0 spiro atoms. The minimum Gasteiger partial charge on any atom is -0.485 e. The number of carboxylic acids is 1. The Hall–Kier alpha value is -3.59. The first kappa shape index (κ1) is 20.3. The van der Waals surface area contributed by atoms with Gasteiger partial charge in [0.05, 0.1) is 0 Å². The first-order valence-electron chi connectivity index (χ1n) is 10.4. The molecule has 1 fully saturated rings. The summed E-state index contributed by atoms with van der Waals surface area (Å²) in [5, 5.41) is 10.6. The molecule has 1 amide bonds. The van der Waals surface area contributed by atoms with Gasteiger partial charge in [0.25, 0.3) is 5.91 Å². The highest BCUT2D eigenvalue weighted by Gasteiger charge is 2.36. The molecule has 2 atom stereocenters. The third-order valence-electron chi connectivity index (χ3n) is 5.98. The van der Waals surface area contributed by atoms with Crippen LogP contribution >= 0.6 is 0 Å². The van der Waals surface area contributed by atoms with Gasteiger partial charge in [0.2, 0.25) is 6.10 Å². The number of aromatic amines is 1. The predicted octanol–water partition coefficient (Wildman–Crippen LogP) is 2.42. The van der Waals surface area contributed by atoms with Gasteiger partial charge in [0, 0.05) is 48.8 Å². The number of hydrogen-bond donors (Lipinski definition) is 2. The molecular weight excluding hydrogens is 417 g/mol. The zero-order valence-electron chi connectivity index (χ0n) is 17.2. The smallest absolute Gasteiger partial charge is 0.325 e. The van der Waals surface area contributed by atoms with Crippen molar-refractivity contribution in [2.75, 3.05) is 32.8 Å². The lowest BCUT2D eigenvalue weighted by molar-refractivity contribution is -0.147. The number of ether oxygens (including phenoxy) is 2. The van der Waals surface area contributed by atoms with Crippen LogP contribution in [0.1, 0.15) is 11.6 Å². The lowest BCUT2D eigenvalue weighted by Gasteiger charge is -2.39. The highest BCUT2D eigenvalue weighted by atomic mass is 19.1. The minimum atomic E-state index is -0.990. The number of nitrogens with one attached hydrogen (secondary N) is 1. The number of para-hydroxylation sites is 2. The van der Waals surface area contributed by atoms with E-state index >= 15 is 0 Å². The molecule has 166 valence electrons. The molecule has 1 aromatic heterocycles. The number of amides is 1. The largest absolute Gasteiger partial charge is 0.485 e. The van der Waals surface area contributed by atoms with Crippen molar-refractivity contribution >= 4 is 22.8 Å². The lowest BCUT2D eigenvalue weighted by Crippen LogP contribution is -2.55. The Morgan fingerprint density at radius 3 is 2.59 bits per heavy atom. The topological polar surface area (TPSA) is 95.1 Å². The van der Waals surface area contributed by atoms with Crippen molar-refractivity contribution in [2.24, 2.45) is 0 Å². The number of H-pyrrole nitrogens is 1. The van der Waals surface area contributed by atoms with Crippen molar-refractivity contribution in [1.29, 1.82) is 0 Å². The number of halogens is 1. The van der Waals surface area contributed by atoms with Crippen LogP contribution in [0, 0.1) is 5.82 Å². The molecule has 3 aromatic rings. The lowest BCUT2D eigenvalue weighted by atomic mass is 10.0. The van der Waals surface area contributed by atoms with E-state index in [-0.39, 0.29) is 18.3 Å². The number of piperazine rings is 1. The Labute approximate surface area is 183 Å². The molecule has 8 nitrogen and oxygen atoms in total. The molecule has 1 saturated heterocycles. The second-order valence-corrected chi connectivity index (χ2v) is 7.90. The number of nitrogens with zero attached hydrogens (tertiary/aromatic N) is 2. The summed E-state index contributed by atoms with van der Waals surface area (Å²) in [6.45, 7) is 1.67. The summed E-state index contributed by atoms with van der Waals surface area (Å²) in [7, 11) is 0. The maximum absolute atomic E-state index is 13.5. The average Bonchev–Trinajstić information content (AvgIpc) is 3.21. The van der Waals surface area contributed by atoms with Crippen molar-refractivity contribution in [3.8, 4) is 11.5 Å². The first-order valence-corrected chi connectivity index (χ1v) is 10.4. The molecule has 9 heteroatoms. The van der Waals surface area contributed by atoms with Gasteiger partial charge in [-0.05, 0) is 30.3 Å². The number of benzene rings is 2. The summed E-state index contributed by atoms with van der Waals surface area (Å²) in [5.74, 6) is -0.396. The van der Waals surface area contributed by atoms with Crippen LogP contribution < -0.4 is 9.47 Å². The molecule has 0 saturated carbocycles. The molecule has 2 aliphatic rings. The normalized spacial score (nSPS) is 19.7. The average molecular weight is 439 g/mol. The number of rotatable bonds is 4. The Morgan fingerprint density at radius 1 is 1.09 bits per heavy atom. The van der Waals surface area contributed by atoms with Crippen LogP contribution in [0.15, 0.2) is 48.7 Å². The van der Waals surface area contributed by atoms with Gasteiger partial charge in [-0.1, -0.05) is 12.1 Å². The van der Waals surface area contributed by atoms with E-state index in [1.54, 1.807) is 29.3 Å². The Balaban J connectivity index is 1.28. The van der Waals surface area contributed by atoms with E-state index in [4.69, 9.17) is 9.47 Å². The van der Waals surface area contributed by atoms with Gasteiger partial charge in [-0.2, -0.15) is 0 Å². The van der Waals surface area contributed by atoms with Crippen LogP contribution in [0.2, 0.25) is 0 Å². The Morgan fingerprint density at radius 2 is 1.84 bits per heavy atom.